The van der Waals surface area contributed by atoms with Gasteiger partial charge in [-0.2, -0.15) is 5.10 Å². The Bertz CT molecular complexity index is 692. The molecular formula is C15H16N2O2. The van der Waals surface area contributed by atoms with Gasteiger partial charge in [-0.1, -0.05) is 17.7 Å². The Morgan fingerprint density at radius 2 is 1.63 bits per heavy atom. The predicted molar refractivity (Wildman–Crippen MR) is 74.2 cm³/mol. The Morgan fingerprint density at radius 3 is 2.16 bits per heavy atom. The van der Waals surface area contributed by atoms with Gasteiger partial charge in [0.2, 0.25) is 5.43 Å². The molecule has 0 saturated carbocycles. The molecule has 98 valence electrons. The van der Waals surface area contributed by atoms with E-state index in [1.165, 1.54) is 11.6 Å². The lowest BCUT2D eigenvalue weighted by molar-refractivity contribution is 0.111. The van der Waals surface area contributed by atoms with Crippen LogP contribution in [0.5, 0.6) is 0 Å². The van der Waals surface area contributed by atoms with Crippen LogP contribution in [-0.2, 0) is 0 Å². The predicted octanol–water partition coefficient (Wildman–Crippen LogP) is 2.28. The maximum absolute atomic E-state index is 11.6. The molecule has 1 aromatic heterocycles. The number of benzene rings is 1. The molecule has 0 radical (unpaired) electrons. The van der Waals surface area contributed by atoms with Crippen LogP contribution in [0.2, 0.25) is 0 Å². The minimum absolute atomic E-state index is 0.0648. The standard InChI is InChI=1S/C15H16N2O2/c1-9-5-10(2)15(11(3)6-9)17-12(4)7-14(19)13(8-18)16-17/h5-8H,1-4H3. The second-order valence-electron chi connectivity index (χ2n) is 4.81. The molecular weight excluding hydrogens is 240 g/mol. The van der Waals surface area contributed by atoms with Gasteiger partial charge in [-0.25, -0.2) is 4.68 Å². The van der Waals surface area contributed by atoms with Crippen LogP contribution in [0.25, 0.3) is 5.69 Å². The monoisotopic (exact) mass is 256 g/mol. The third kappa shape index (κ3) is 2.34. The molecule has 1 heterocycles. The average molecular weight is 256 g/mol. The van der Waals surface area contributed by atoms with Crippen molar-refractivity contribution in [3.05, 3.63) is 56.5 Å². The third-order valence-electron chi connectivity index (χ3n) is 3.09. The first-order chi connectivity index (χ1) is 8.93. The number of aromatic nitrogens is 2. The van der Waals surface area contributed by atoms with Gasteiger partial charge in [0.05, 0.1) is 5.69 Å². The summed E-state index contributed by atoms with van der Waals surface area (Å²) in [4.78, 5) is 22.4. The van der Waals surface area contributed by atoms with E-state index in [0.29, 0.717) is 12.0 Å². The third-order valence-corrected chi connectivity index (χ3v) is 3.09. The first-order valence-electron chi connectivity index (χ1n) is 6.08. The van der Waals surface area contributed by atoms with E-state index < -0.39 is 0 Å². The maximum atomic E-state index is 11.6. The lowest BCUT2D eigenvalue weighted by Gasteiger charge is -2.16. The number of hydrogen-bond acceptors (Lipinski definition) is 3. The molecule has 4 heteroatoms. The Kier molecular flexibility index (Phi) is 3.34. The smallest absolute Gasteiger partial charge is 0.211 e. The van der Waals surface area contributed by atoms with Gasteiger partial charge in [0.15, 0.2) is 12.0 Å². The highest BCUT2D eigenvalue weighted by atomic mass is 16.1. The molecule has 0 N–H and O–H groups in total. The lowest BCUT2D eigenvalue weighted by atomic mass is 10.0. The summed E-state index contributed by atoms with van der Waals surface area (Å²) in [7, 11) is 0. The van der Waals surface area contributed by atoms with E-state index in [1.54, 1.807) is 4.68 Å². The number of carbonyl (C=O) groups is 1. The van der Waals surface area contributed by atoms with Crippen LogP contribution in [-0.4, -0.2) is 16.1 Å². The lowest BCUT2D eigenvalue weighted by Crippen LogP contribution is -2.19. The van der Waals surface area contributed by atoms with Crippen LogP contribution < -0.4 is 5.43 Å². The summed E-state index contributed by atoms with van der Waals surface area (Å²) in [5.41, 5.74) is 4.53. The van der Waals surface area contributed by atoms with Crippen LogP contribution in [0.3, 0.4) is 0 Å². The van der Waals surface area contributed by atoms with Crippen molar-refractivity contribution in [2.75, 3.05) is 0 Å². The van der Waals surface area contributed by atoms with Crippen molar-refractivity contribution in [1.82, 2.24) is 9.78 Å². The molecule has 2 rings (SSSR count). The van der Waals surface area contributed by atoms with Gasteiger partial charge in [0.1, 0.15) is 0 Å². The molecule has 1 aromatic carbocycles. The van der Waals surface area contributed by atoms with Crippen LogP contribution in [0.4, 0.5) is 0 Å². The first kappa shape index (κ1) is 13.2. The number of hydrogen-bond donors (Lipinski definition) is 0. The van der Waals surface area contributed by atoms with E-state index in [2.05, 4.69) is 17.2 Å². The molecule has 0 spiro atoms. The number of rotatable bonds is 2. The van der Waals surface area contributed by atoms with E-state index in [9.17, 15) is 9.59 Å². The van der Waals surface area contributed by atoms with Gasteiger partial charge in [0, 0.05) is 11.8 Å². The maximum Gasteiger partial charge on any atom is 0.211 e. The van der Waals surface area contributed by atoms with Gasteiger partial charge >= 0.3 is 0 Å². The summed E-state index contributed by atoms with van der Waals surface area (Å²) in [5.74, 6) is 0. The summed E-state index contributed by atoms with van der Waals surface area (Å²) in [6.07, 6.45) is 0.497. The van der Waals surface area contributed by atoms with Crippen molar-refractivity contribution in [2.45, 2.75) is 27.7 Å². The van der Waals surface area contributed by atoms with Crippen LogP contribution in [0.1, 0.15) is 32.9 Å². The minimum atomic E-state index is -0.342. The van der Waals surface area contributed by atoms with Crippen LogP contribution >= 0.6 is 0 Å². The van der Waals surface area contributed by atoms with Gasteiger partial charge in [-0.3, -0.25) is 9.59 Å². The van der Waals surface area contributed by atoms with Gasteiger partial charge in [0.25, 0.3) is 0 Å². The fourth-order valence-corrected chi connectivity index (χ4v) is 2.38. The van der Waals surface area contributed by atoms with Crippen LogP contribution in [0.15, 0.2) is 23.0 Å². The molecule has 0 aliphatic carbocycles. The summed E-state index contributed by atoms with van der Waals surface area (Å²) in [6.45, 7) is 7.83. The summed E-state index contributed by atoms with van der Waals surface area (Å²) < 4.78 is 1.66. The topological polar surface area (TPSA) is 52.0 Å². The summed E-state index contributed by atoms with van der Waals surface area (Å²) in [5, 5.41) is 4.15. The SMILES string of the molecule is Cc1cc(C)c(-n2nc(C=O)c(=O)cc2C)c(C)c1. The molecule has 0 unspecified atom stereocenters. The van der Waals surface area contributed by atoms with E-state index in [4.69, 9.17) is 0 Å². The largest absolute Gasteiger partial charge is 0.296 e. The van der Waals surface area contributed by atoms with E-state index in [1.807, 2.05) is 27.7 Å². The molecule has 0 bridgehead atoms. The zero-order chi connectivity index (χ0) is 14.2. The van der Waals surface area contributed by atoms with Crippen molar-refractivity contribution >= 4 is 6.29 Å². The Balaban J connectivity index is 2.79. The fourth-order valence-electron chi connectivity index (χ4n) is 2.38. The normalized spacial score (nSPS) is 10.5. The minimum Gasteiger partial charge on any atom is -0.296 e. The van der Waals surface area contributed by atoms with Crippen molar-refractivity contribution in [3.63, 3.8) is 0 Å². The zero-order valence-electron chi connectivity index (χ0n) is 11.5. The number of carbonyl (C=O) groups excluding carboxylic acids is 1. The van der Waals surface area contributed by atoms with E-state index in [-0.39, 0.29) is 11.1 Å². The summed E-state index contributed by atoms with van der Waals surface area (Å²) in [6, 6.07) is 5.56. The molecule has 19 heavy (non-hydrogen) atoms. The molecule has 4 nitrogen and oxygen atoms in total. The van der Waals surface area contributed by atoms with Crippen molar-refractivity contribution in [2.24, 2.45) is 0 Å². The summed E-state index contributed by atoms with van der Waals surface area (Å²) >= 11 is 0. The Morgan fingerprint density at radius 1 is 1.05 bits per heavy atom. The highest BCUT2D eigenvalue weighted by Gasteiger charge is 2.11. The highest BCUT2D eigenvalue weighted by Crippen LogP contribution is 2.20. The number of nitrogens with zero attached hydrogens (tertiary/aromatic N) is 2. The fraction of sp³-hybridized carbons (Fsp3) is 0.267. The van der Waals surface area contributed by atoms with E-state index in [0.717, 1.165) is 16.8 Å². The highest BCUT2D eigenvalue weighted by molar-refractivity contribution is 5.71. The first-order valence-corrected chi connectivity index (χ1v) is 6.08. The molecule has 0 saturated heterocycles. The second kappa shape index (κ2) is 4.80. The van der Waals surface area contributed by atoms with Gasteiger partial charge in [-0.15, -0.1) is 0 Å². The second-order valence-corrected chi connectivity index (χ2v) is 4.81. The molecule has 0 amide bonds. The van der Waals surface area contributed by atoms with E-state index >= 15 is 0 Å². The number of aryl methyl sites for hydroxylation is 4. The Labute approximate surface area is 111 Å². The molecule has 0 aliphatic rings. The molecule has 2 aromatic rings. The Hall–Kier alpha value is -2.23. The zero-order valence-corrected chi connectivity index (χ0v) is 11.5. The van der Waals surface area contributed by atoms with Crippen molar-refractivity contribution < 1.29 is 4.79 Å². The quantitative estimate of drug-likeness (QED) is 0.774. The number of aldehydes is 1. The molecule has 0 fully saturated rings. The van der Waals surface area contributed by atoms with Gasteiger partial charge < -0.3 is 0 Å². The van der Waals surface area contributed by atoms with Crippen LogP contribution in [0, 0.1) is 27.7 Å². The van der Waals surface area contributed by atoms with Gasteiger partial charge in [-0.05, 0) is 38.8 Å². The average Bonchev–Trinajstić information content (AvgIpc) is 2.30. The van der Waals surface area contributed by atoms with Crippen molar-refractivity contribution in [3.8, 4) is 5.69 Å². The molecule has 0 aliphatic heterocycles. The van der Waals surface area contributed by atoms with Crippen molar-refractivity contribution in [1.29, 1.82) is 0 Å². The molecule has 0 atom stereocenters.